The third kappa shape index (κ3) is 4.17. The first-order chi connectivity index (χ1) is 12.6. The van der Waals surface area contributed by atoms with Crippen LogP contribution in [0.2, 0.25) is 0 Å². The van der Waals surface area contributed by atoms with Gasteiger partial charge in [0.2, 0.25) is 0 Å². The van der Waals surface area contributed by atoms with E-state index in [1.54, 1.807) is 11.8 Å². The molecule has 134 valence electrons. The number of rotatable bonds is 6. The molecule has 0 amide bonds. The van der Waals surface area contributed by atoms with E-state index in [-0.39, 0.29) is 12.4 Å². The number of hydrogen-bond donors (Lipinski definition) is 0. The highest BCUT2D eigenvalue weighted by Gasteiger charge is 2.16. The Kier molecular flexibility index (Phi) is 5.78. The number of para-hydroxylation sites is 1. The fourth-order valence-corrected chi connectivity index (χ4v) is 3.24. The van der Waals surface area contributed by atoms with Gasteiger partial charge < -0.3 is 4.74 Å². The second-order valence-corrected chi connectivity index (χ2v) is 6.96. The molecule has 0 atom stereocenters. The second-order valence-electron chi connectivity index (χ2n) is 6.08. The van der Waals surface area contributed by atoms with Crippen molar-refractivity contribution in [3.8, 4) is 5.69 Å². The van der Waals surface area contributed by atoms with Crippen LogP contribution in [0, 0.1) is 13.8 Å². The number of carbonyl (C=O) groups is 1. The van der Waals surface area contributed by atoms with Crippen molar-refractivity contribution >= 4 is 17.7 Å². The van der Waals surface area contributed by atoms with Gasteiger partial charge in [-0.25, -0.2) is 4.68 Å². The molecule has 5 heteroatoms. The normalized spacial score (nSPS) is 10.7. The molecule has 0 aliphatic heterocycles. The van der Waals surface area contributed by atoms with Crippen molar-refractivity contribution in [2.45, 2.75) is 31.8 Å². The van der Waals surface area contributed by atoms with Gasteiger partial charge in [0, 0.05) is 16.2 Å². The van der Waals surface area contributed by atoms with Crippen LogP contribution in [0.4, 0.5) is 0 Å². The van der Waals surface area contributed by atoms with Gasteiger partial charge in [-0.05, 0) is 49.9 Å². The molecule has 0 unspecified atom stereocenters. The van der Waals surface area contributed by atoms with Gasteiger partial charge in [0.15, 0.2) is 0 Å². The van der Waals surface area contributed by atoms with Crippen LogP contribution in [0.1, 0.15) is 22.5 Å². The first-order valence-corrected chi connectivity index (χ1v) is 9.70. The van der Waals surface area contributed by atoms with Gasteiger partial charge in [0.05, 0.1) is 17.8 Å². The summed E-state index contributed by atoms with van der Waals surface area (Å²) in [6.07, 6.45) is 2.27. The number of thioether (sulfide) groups is 1. The maximum absolute atomic E-state index is 12.3. The Morgan fingerprint density at radius 2 is 1.77 bits per heavy atom. The Balaban J connectivity index is 1.66. The molecule has 1 aromatic heterocycles. The number of hydrogen-bond acceptors (Lipinski definition) is 4. The van der Waals surface area contributed by atoms with E-state index < -0.39 is 0 Å². The highest BCUT2D eigenvalue weighted by molar-refractivity contribution is 7.98. The van der Waals surface area contributed by atoms with E-state index in [0.29, 0.717) is 6.61 Å². The lowest BCUT2D eigenvalue weighted by Crippen LogP contribution is -2.09. The van der Waals surface area contributed by atoms with Crippen molar-refractivity contribution in [3.63, 3.8) is 0 Å². The Bertz CT molecular complexity index is 886. The van der Waals surface area contributed by atoms with E-state index in [9.17, 15) is 4.79 Å². The number of aromatic nitrogens is 2. The molecular weight excluding hydrogens is 344 g/mol. The molecule has 0 N–H and O–H groups in total. The molecule has 0 saturated heterocycles. The van der Waals surface area contributed by atoms with Crippen molar-refractivity contribution in [3.05, 3.63) is 77.1 Å². The average molecular weight is 366 g/mol. The number of aryl methyl sites for hydroxylation is 1. The van der Waals surface area contributed by atoms with Gasteiger partial charge in [0.1, 0.15) is 6.61 Å². The lowest BCUT2D eigenvalue weighted by atomic mass is 10.1. The van der Waals surface area contributed by atoms with Crippen molar-refractivity contribution in [2.75, 3.05) is 6.26 Å². The summed E-state index contributed by atoms with van der Waals surface area (Å²) in [4.78, 5) is 13.5. The quantitative estimate of drug-likeness (QED) is 0.476. The average Bonchev–Trinajstić information content (AvgIpc) is 2.95. The minimum Gasteiger partial charge on any atom is -0.461 e. The van der Waals surface area contributed by atoms with Gasteiger partial charge in [-0.1, -0.05) is 30.3 Å². The maximum Gasteiger partial charge on any atom is 0.310 e. The molecule has 0 fully saturated rings. The number of ether oxygens (including phenoxy) is 1. The Morgan fingerprint density at radius 1 is 1.08 bits per heavy atom. The zero-order valence-electron chi connectivity index (χ0n) is 15.2. The molecule has 0 aliphatic carbocycles. The molecule has 0 aliphatic rings. The Hall–Kier alpha value is -2.53. The Labute approximate surface area is 158 Å². The van der Waals surface area contributed by atoms with Gasteiger partial charge in [-0.3, -0.25) is 4.79 Å². The molecule has 2 aromatic carbocycles. The zero-order chi connectivity index (χ0) is 18.5. The predicted octanol–water partition coefficient (Wildman–Crippen LogP) is 4.50. The van der Waals surface area contributed by atoms with Gasteiger partial charge in [0.25, 0.3) is 0 Å². The third-order valence-electron chi connectivity index (χ3n) is 4.32. The van der Waals surface area contributed by atoms with Crippen molar-refractivity contribution < 1.29 is 9.53 Å². The molecule has 3 aromatic rings. The van der Waals surface area contributed by atoms with Gasteiger partial charge >= 0.3 is 5.97 Å². The summed E-state index contributed by atoms with van der Waals surface area (Å²) in [7, 11) is 0. The highest BCUT2D eigenvalue weighted by Crippen LogP contribution is 2.19. The minimum atomic E-state index is -0.238. The summed E-state index contributed by atoms with van der Waals surface area (Å²) in [6, 6.07) is 18.0. The fraction of sp³-hybridized carbons (Fsp3) is 0.238. The van der Waals surface area contributed by atoms with Crippen LogP contribution < -0.4 is 0 Å². The number of carbonyl (C=O) groups excluding carboxylic acids is 1. The molecule has 0 radical (unpaired) electrons. The second kappa shape index (κ2) is 8.23. The highest BCUT2D eigenvalue weighted by atomic mass is 32.2. The lowest BCUT2D eigenvalue weighted by Gasteiger charge is -2.07. The smallest absolute Gasteiger partial charge is 0.310 e. The SMILES string of the molecule is CSc1ccc(COC(=O)Cc2c(C)nn(-c3ccccc3)c2C)cc1. The molecule has 26 heavy (non-hydrogen) atoms. The van der Waals surface area contributed by atoms with E-state index in [0.717, 1.165) is 28.2 Å². The number of nitrogens with zero attached hydrogens (tertiary/aromatic N) is 2. The molecule has 1 heterocycles. The summed E-state index contributed by atoms with van der Waals surface area (Å²) in [6.45, 7) is 4.20. The molecule has 4 nitrogen and oxygen atoms in total. The standard InChI is InChI=1S/C21H22N2O2S/c1-15-20(16(2)23(22-15)18-7-5-4-6-8-18)13-21(24)25-14-17-9-11-19(26-3)12-10-17/h4-12H,13-14H2,1-3H3. The van der Waals surface area contributed by atoms with Crippen LogP contribution in [-0.2, 0) is 22.6 Å². The molecule has 3 rings (SSSR count). The van der Waals surface area contributed by atoms with E-state index in [2.05, 4.69) is 5.10 Å². The van der Waals surface area contributed by atoms with Crippen molar-refractivity contribution in [1.82, 2.24) is 9.78 Å². The summed E-state index contributed by atoms with van der Waals surface area (Å²) in [5.74, 6) is -0.238. The largest absolute Gasteiger partial charge is 0.461 e. The summed E-state index contributed by atoms with van der Waals surface area (Å²) < 4.78 is 7.32. The van der Waals surface area contributed by atoms with Gasteiger partial charge in [-0.15, -0.1) is 11.8 Å². The molecular formula is C21H22N2O2S. The number of esters is 1. The van der Waals surface area contributed by atoms with Crippen LogP contribution in [0.25, 0.3) is 5.69 Å². The summed E-state index contributed by atoms with van der Waals surface area (Å²) in [5.41, 5.74) is 4.73. The van der Waals surface area contributed by atoms with Crippen LogP contribution in [0.5, 0.6) is 0 Å². The van der Waals surface area contributed by atoms with Crippen molar-refractivity contribution in [2.24, 2.45) is 0 Å². The predicted molar refractivity (Wildman–Crippen MR) is 105 cm³/mol. The molecule has 0 spiro atoms. The van der Waals surface area contributed by atoms with Crippen LogP contribution in [0.3, 0.4) is 0 Å². The molecule has 0 saturated carbocycles. The van der Waals surface area contributed by atoms with Crippen LogP contribution in [0.15, 0.2) is 59.5 Å². The first kappa shape index (κ1) is 18.3. The Morgan fingerprint density at radius 3 is 2.42 bits per heavy atom. The lowest BCUT2D eigenvalue weighted by molar-refractivity contribution is -0.144. The van der Waals surface area contributed by atoms with Crippen molar-refractivity contribution in [1.29, 1.82) is 0 Å². The zero-order valence-corrected chi connectivity index (χ0v) is 16.0. The summed E-state index contributed by atoms with van der Waals surface area (Å²) >= 11 is 1.69. The van der Waals surface area contributed by atoms with Crippen LogP contribution in [-0.4, -0.2) is 22.0 Å². The maximum atomic E-state index is 12.3. The third-order valence-corrected chi connectivity index (χ3v) is 5.07. The topological polar surface area (TPSA) is 44.1 Å². The van der Waals surface area contributed by atoms with E-state index in [1.807, 2.05) is 79.4 Å². The van der Waals surface area contributed by atoms with E-state index in [4.69, 9.17) is 4.74 Å². The molecule has 0 bridgehead atoms. The number of benzene rings is 2. The fourth-order valence-electron chi connectivity index (χ4n) is 2.83. The monoisotopic (exact) mass is 366 g/mol. The van der Waals surface area contributed by atoms with E-state index >= 15 is 0 Å². The van der Waals surface area contributed by atoms with E-state index in [1.165, 1.54) is 4.90 Å². The first-order valence-electron chi connectivity index (χ1n) is 8.47. The minimum absolute atomic E-state index is 0.230. The van der Waals surface area contributed by atoms with Crippen LogP contribution >= 0.6 is 11.8 Å². The van der Waals surface area contributed by atoms with Gasteiger partial charge in [-0.2, -0.15) is 5.10 Å². The summed E-state index contributed by atoms with van der Waals surface area (Å²) in [5, 5.41) is 4.58.